The summed E-state index contributed by atoms with van der Waals surface area (Å²) in [6, 6.07) is 5.81. The van der Waals surface area contributed by atoms with Gasteiger partial charge in [-0.1, -0.05) is 13.0 Å². The highest BCUT2D eigenvalue weighted by molar-refractivity contribution is 5.84. The van der Waals surface area contributed by atoms with E-state index in [4.69, 9.17) is 4.74 Å². The monoisotopic (exact) mass is 362 g/mol. The number of nitrogens with one attached hydrogen (secondary N) is 2. The summed E-state index contributed by atoms with van der Waals surface area (Å²) < 4.78 is 10.5. The Balaban J connectivity index is 2.83. The molecule has 144 valence electrons. The molecule has 1 unspecified atom stereocenters. The highest BCUT2D eigenvalue weighted by atomic mass is 16.5. The van der Waals surface area contributed by atoms with Crippen LogP contribution in [-0.4, -0.2) is 37.2 Å². The van der Waals surface area contributed by atoms with Crippen molar-refractivity contribution in [3.63, 3.8) is 0 Å². The number of benzene rings is 1. The Kier molecular flexibility index (Phi) is 8.16. The second-order valence-electron chi connectivity index (χ2n) is 6.65. The van der Waals surface area contributed by atoms with E-state index in [-0.39, 0.29) is 5.91 Å². The van der Waals surface area contributed by atoms with E-state index in [1.165, 1.54) is 13.2 Å². The fraction of sp³-hybridized carbons (Fsp3) is 0.500. The van der Waals surface area contributed by atoms with Gasteiger partial charge in [0.1, 0.15) is 5.75 Å². The van der Waals surface area contributed by atoms with Gasteiger partial charge < -0.3 is 20.1 Å². The number of hydrogen-bond donors (Lipinski definition) is 2. The molecule has 0 radical (unpaired) electrons. The number of amides is 1. The van der Waals surface area contributed by atoms with Crippen LogP contribution < -0.4 is 15.4 Å². The minimum absolute atomic E-state index is 0.237. The Bertz CT molecular complexity index is 653. The lowest BCUT2D eigenvalue weighted by Crippen LogP contribution is -2.48. The van der Waals surface area contributed by atoms with Gasteiger partial charge in [-0.15, -0.1) is 0 Å². The maximum atomic E-state index is 12.6. The third kappa shape index (κ3) is 7.17. The van der Waals surface area contributed by atoms with Gasteiger partial charge in [-0.2, -0.15) is 0 Å². The van der Waals surface area contributed by atoms with Crippen molar-refractivity contribution >= 4 is 17.6 Å². The van der Waals surface area contributed by atoms with Crippen LogP contribution in [0.4, 0.5) is 5.69 Å². The Morgan fingerprint density at radius 2 is 1.92 bits per heavy atom. The molecule has 1 rings (SSSR count). The summed E-state index contributed by atoms with van der Waals surface area (Å²) in [6.07, 6.45) is 2.79. The Hall–Kier alpha value is -2.50. The summed E-state index contributed by atoms with van der Waals surface area (Å²) in [6.45, 7) is 10.3. The molecule has 0 saturated heterocycles. The lowest BCUT2D eigenvalue weighted by atomic mass is 10.0. The van der Waals surface area contributed by atoms with E-state index in [2.05, 4.69) is 15.4 Å². The zero-order valence-electron chi connectivity index (χ0n) is 16.5. The van der Waals surface area contributed by atoms with Gasteiger partial charge in [-0.25, -0.2) is 4.79 Å². The average molecular weight is 362 g/mol. The third-order valence-electron chi connectivity index (χ3n) is 3.66. The first-order chi connectivity index (χ1) is 12.2. The van der Waals surface area contributed by atoms with Gasteiger partial charge in [-0.3, -0.25) is 4.79 Å². The summed E-state index contributed by atoms with van der Waals surface area (Å²) in [5.74, 6) is -0.0595. The minimum Gasteiger partial charge on any atom is -0.481 e. The Morgan fingerprint density at radius 3 is 2.50 bits per heavy atom. The van der Waals surface area contributed by atoms with Crippen LogP contribution >= 0.6 is 0 Å². The molecule has 0 fully saturated rings. The smallest absolute Gasteiger partial charge is 0.330 e. The molecular formula is C20H30N2O4. The predicted octanol–water partition coefficient (Wildman–Crippen LogP) is 3.21. The molecule has 0 aliphatic heterocycles. The van der Waals surface area contributed by atoms with E-state index < -0.39 is 17.6 Å². The summed E-state index contributed by atoms with van der Waals surface area (Å²) in [5.41, 5.74) is 1.30. The number of ether oxygens (including phenoxy) is 2. The molecule has 0 aliphatic carbocycles. The number of carbonyl (C=O) groups is 2. The molecule has 0 spiro atoms. The van der Waals surface area contributed by atoms with Crippen molar-refractivity contribution in [1.29, 1.82) is 0 Å². The number of hydrogen-bond acceptors (Lipinski definition) is 5. The third-order valence-corrected chi connectivity index (χ3v) is 3.66. The molecule has 1 atom stereocenters. The molecule has 0 aromatic heterocycles. The lowest BCUT2D eigenvalue weighted by Gasteiger charge is -2.26. The van der Waals surface area contributed by atoms with Gasteiger partial charge in [-0.05, 0) is 51.8 Å². The molecular weight excluding hydrogens is 332 g/mol. The van der Waals surface area contributed by atoms with Crippen molar-refractivity contribution in [2.45, 2.75) is 52.7 Å². The van der Waals surface area contributed by atoms with Crippen molar-refractivity contribution in [3.05, 3.63) is 35.9 Å². The molecule has 0 saturated carbocycles. The molecule has 1 aromatic rings. The van der Waals surface area contributed by atoms with E-state index >= 15 is 0 Å². The molecule has 6 heteroatoms. The predicted molar refractivity (Wildman–Crippen MR) is 103 cm³/mol. The van der Waals surface area contributed by atoms with Crippen LogP contribution in [0.2, 0.25) is 0 Å². The van der Waals surface area contributed by atoms with Gasteiger partial charge in [0.25, 0.3) is 5.91 Å². The van der Waals surface area contributed by atoms with Gasteiger partial charge in [0.15, 0.2) is 6.10 Å². The molecule has 0 aliphatic rings. The normalized spacial score (nSPS) is 12.5. The fourth-order valence-electron chi connectivity index (χ4n) is 2.39. The average Bonchev–Trinajstić information content (AvgIpc) is 2.57. The van der Waals surface area contributed by atoms with Crippen LogP contribution in [0.3, 0.4) is 0 Å². The van der Waals surface area contributed by atoms with Gasteiger partial charge in [0.05, 0.1) is 12.6 Å². The molecule has 26 heavy (non-hydrogen) atoms. The highest BCUT2D eigenvalue weighted by Gasteiger charge is 2.25. The highest BCUT2D eigenvalue weighted by Crippen LogP contribution is 2.22. The lowest BCUT2D eigenvalue weighted by molar-refractivity contribution is -0.135. The number of carbonyl (C=O) groups excluding carboxylic acids is 2. The van der Waals surface area contributed by atoms with Gasteiger partial charge >= 0.3 is 5.97 Å². The van der Waals surface area contributed by atoms with Crippen LogP contribution in [0, 0.1) is 6.92 Å². The molecule has 1 amide bonds. The van der Waals surface area contributed by atoms with Crippen molar-refractivity contribution in [2.24, 2.45) is 0 Å². The van der Waals surface area contributed by atoms with E-state index in [0.717, 1.165) is 17.8 Å². The van der Waals surface area contributed by atoms with E-state index in [0.29, 0.717) is 12.2 Å². The number of anilines is 1. The van der Waals surface area contributed by atoms with Crippen molar-refractivity contribution < 1.29 is 19.1 Å². The summed E-state index contributed by atoms with van der Waals surface area (Å²) in [5, 5.41) is 6.13. The molecule has 1 aromatic carbocycles. The molecule has 2 N–H and O–H groups in total. The summed E-state index contributed by atoms with van der Waals surface area (Å²) in [4.78, 5) is 23.8. The first-order valence-corrected chi connectivity index (χ1v) is 8.82. The van der Waals surface area contributed by atoms with Crippen molar-refractivity contribution in [2.75, 3.05) is 19.0 Å². The Morgan fingerprint density at radius 1 is 1.23 bits per heavy atom. The maximum Gasteiger partial charge on any atom is 0.330 e. The van der Waals surface area contributed by atoms with Crippen molar-refractivity contribution in [3.8, 4) is 5.75 Å². The topological polar surface area (TPSA) is 76.7 Å². The van der Waals surface area contributed by atoms with Crippen molar-refractivity contribution in [1.82, 2.24) is 5.32 Å². The zero-order valence-corrected chi connectivity index (χ0v) is 16.5. The van der Waals surface area contributed by atoms with E-state index in [1.807, 2.05) is 39.0 Å². The van der Waals surface area contributed by atoms with Gasteiger partial charge in [0.2, 0.25) is 0 Å². The quantitative estimate of drug-likeness (QED) is 0.521. The second-order valence-corrected chi connectivity index (χ2v) is 6.65. The zero-order chi connectivity index (χ0) is 19.7. The molecule has 6 nitrogen and oxygen atoms in total. The Labute approximate surface area is 156 Å². The number of methoxy groups -OCH3 is 1. The van der Waals surface area contributed by atoms with Crippen LogP contribution in [0.25, 0.3) is 0 Å². The van der Waals surface area contributed by atoms with Crippen LogP contribution in [0.1, 0.15) is 39.7 Å². The minimum atomic E-state index is -0.705. The van der Waals surface area contributed by atoms with Crippen LogP contribution in [0.5, 0.6) is 5.75 Å². The van der Waals surface area contributed by atoms with Gasteiger partial charge in [0, 0.05) is 24.4 Å². The van der Waals surface area contributed by atoms with E-state index in [9.17, 15) is 9.59 Å². The number of esters is 1. The molecule has 0 heterocycles. The maximum absolute atomic E-state index is 12.6. The fourth-order valence-corrected chi connectivity index (χ4v) is 2.39. The largest absolute Gasteiger partial charge is 0.481 e. The number of rotatable bonds is 9. The van der Waals surface area contributed by atoms with E-state index in [1.54, 1.807) is 19.9 Å². The standard InChI is InChI=1S/C20H30N2O4/c1-7-17(19(24)22-20(4,5)10-9-18(23)25-6)26-16-12-14(3)11-15(13-16)21-8-2/h9-13,17,21H,7-8H2,1-6H3,(H,22,24)/b10-9+. The first-order valence-electron chi connectivity index (χ1n) is 8.82. The first kappa shape index (κ1) is 21.5. The SMILES string of the molecule is CCNc1cc(C)cc(OC(CC)C(=O)NC(C)(C)/C=C/C(=O)OC)c1. The number of aryl methyl sites for hydroxylation is 1. The van der Waals surface area contributed by atoms with Crippen LogP contribution in [-0.2, 0) is 14.3 Å². The summed E-state index contributed by atoms with van der Waals surface area (Å²) >= 11 is 0. The molecule has 0 bridgehead atoms. The summed E-state index contributed by atoms with van der Waals surface area (Å²) in [7, 11) is 1.31. The second kappa shape index (κ2) is 9.85. The van der Waals surface area contributed by atoms with Crippen LogP contribution in [0.15, 0.2) is 30.4 Å².